The Kier molecular flexibility index (Phi) is 12.6. The number of aromatic nitrogens is 3. The van der Waals surface area contributed by atoms with Crippen LogP contribution in [0.25, 0.3) is 0 Å². The monoisotopic (exact) mass is 562 g/mol. The van der Waals surface area contributed by atoms with E-state index in [4.69, 9.17) is 15.2 Å². The smallest absolute Gasteiger partial charge is 0.251 e. The van der Waals surface area contributed by atoms with Crippen molar-refractivity contribution in [2.75, 3.05) is 55.5 Å². The van der Waals surface area contributed by atoms with Crippen molar-refractivity contribution >= 4 is 23.8 Å². The zero-order chi connectivity index (χ0) is 28.5. The minimum absolute atomic E-state index is 0.141. The summed E-state index contributed by atoms with van der Waals surface area (Å²) in [5.74, 6) is 1.44. The third-order valence-electron chi connectivity index (χ3n) is 6.70. The average molecular weight is 563 g/mol. The van der Waals surface area contributed by atoms with Crippen LogP contribution in [0.4, 0.5) is 17.8 Å². The molecule has 1 aromatic heterocycles. The first-order valence-corrected chi connectivity index (χ1v) is 14.5. The van der Waals surface area contributed by atoms with Crippen molar-refractivity contribution in [2.45, 2.75) is 51.2 Å². The summed E-state index contributed by atoms with van der Waals surface area (Å²) in [6.45, 7) is 3.96. The Morgan fingerprint density at radius 2 is 1.37 bits per heavy atom. The second kappa shape index (κ2) is 17.1. The van der Waals surface area contributed by atoms with Gasteiger partial charge in [-0.05, 0) is 36.1 Å². The average Bonchev–Trinajstić information content (AvgIpc) is 3.01. The van der Waals surface area contributed by atoms with Crippen molar-refractivity contribution in [3.8, 4) is 0 Å². The van der Waals surface area contributed by atoms with Gasteiger partial charge < -0.3 is 36.5 Å². The van der Waals surface area contributed by atoms with E-state index >= 15 is 0 Å². The summed E-state index contributed by atoms with van der Waals surface area (Å²) in [7, 11) is 0. The molecule has 0 saturated heterocycles. The molecule has 1 heterocycles. The second-order valence-corrected chi connectivity index (χ2v) is 9.94. The number of nitrogens with one attached hydrogen (secondary N) is 4. The van der Waals surface area contributed by atoms with Crippen molar-refractivity contribution in [3.05, 3.63) is 71.3 Å². The third-order valence-corrected chi connectivity index (χ3v) is 6.70. The predicted molar refractivity (Wildman–Crippen MR) is 161 cm³/mol. The second-order valence-electron chi connectivity index (χ2n) is 9.94. The highest BCUT2D eigenvalue weighted by molar-refractivity contribution is 5.94. The van der Waals surface area contributed by atoms with E-state index in [-0.39, 0.29) is 5.91 Å². The molecule has 11 nitrogen and oxygen atoms in total. The molecule has 0 spiro atoms. The number of carbonyl (C=O) groups excluding carboxylic acids is 1. The van der Waals surface area contributed by atoms with Crippen LogP contribution in [0.5, 0.6) is 0 Å². The molecule has 0 radical (unpaired) electrons. The van der Waals surface area contributed by atoms with E-state index in [9.17, 15) is 4.79 Å². The molecule has 1 fully saturated rings. The molecule has 41 heavy (non-hydrogen) atoms. The van der Waals surface area contributed by atoms with Gasteiger partial charge in [-0.1, -0.05) is 61.7 Å². The van der Waals surface area contributed by atoms with Crippen molar-refractivity contribution in [1.82, 2.24) is 20.3 Å². The molecule has 0 bridgehead atoms. The fraction of sp³-hybridized carbons (Fsp3) is 0.467. The number of benzene rings is 2. The van der Waals surface area contributed by atoms with Crippen LogP contribution in [0.2, 0.25) is 0 Å². The molecule has 1 saturated carbocycles. The van der Waals surface area contributed by atoms with Crippen LogP contribution in [0, 0.1) is 0 Å². The first-order valence-electron chi connectivity index (χ1n) is 14.5. The van der Waals surface area contributed by atoms with Crippen molar-refractivity contribution in [1.29, 1.82) is 0 Å². The molecule has 4 rings (SSSR count). The van der Waals surface area contributed by atoms with Crippen LogP contribution in [0.3, 0.4) is 0 Å². The molecule has 2 aromatic carbocycles. The Labute approximate surface area is 242 Å². The third kappa shape index (κ3) is 10.9. The van der Waals surface area contributed by atoms with E-state index in [1.807, 2.05) is 42.5 Å². The zero-order valence-corrected chi connectivity index (χ0v) is 23.6. The minimum atomic E-state index is -0.141. The molecule has 1 aliphatic rings. The fourth-order valence-electron chi connectivity index (χ4n) is 4.50. The van der Waals surface area contributed by atoms with E-state index in [1.54, 1.807) is 0 Å². The van der Waals surface area contributed by atoms with Crippen molar-refractivity contribution in [3.63, 3.8) is 0 Å². The maximum Gasteiger partial charge on any atom is 0.251 e. The maximum atomic E-state index is 12.5. The predicted octanol–water partition coefficient (Wildman–Crippen LogP) is 3.56. The molecule has 0 aliphatic heterocycles. The summed E-state index contributed by atoms with van der Waals surface area (Å²) in [5.41, 5.74) is 8.11. The van der Waals surface area contributed by atoms with Gasteiger partial charge in [-0.3, -0.25) is 4.79 Å². The number of hydrogen-bond donors (Lipinski definition) is 5. The number of amides is 1. The Balaban J connectivity index is 1.28. The minimum Gasteiger partial charge on any atom is -0.378 e. The van der Waals surface area contributed by atoms with Crippen molar-refractivity contribution < 1.29 is 14.3 Å². The number of anilines is 3. The molecule has 0 unspecified atom stereocenters. The SMILES string of the molecule is NCCOCCOCCNC(=O)c1ccc(CNc2nc(NCc3ccccc3)nc(NC3CCCCC3)n2)cc1. The van der Waals surface area contributed by atoms with Crippen LogP contribution in [0.1, 0.15) is 53.6 Å². The first kappa shape index (κ1) is 30.2. The lowest BCUT2D eigenvalue weighted by Crippen LogP contribution is -2.27. The van der Waals surface area contributed by atoms with Crippen LogP contribution >= 0.6 is 0 Å². The molecule has 1 aliphatic carbocycles. The number of nitrogens with two attached hydrogens (primary N) is 1. The van der Waals surface area contributed by atoms with E-state index in [0.29, 0.717) is 82.1 Å². The van der Waals surface area contributed by atoms with Gasteiger partial charge in [0.1, 0.15) is 0 Å². The topological polar surface area (TPSA) is 148 Å². The number of ether oxygens (including phenoxy) is 2. The van der Waals surface area contributed by atoms with E-state index < -0.39 is 0 Å². The number of carbonyl (C=O) groups is 1. The number of hydrogen-bond acceptors (Lipinski definition) is 10. The van der Waals surface area contributed by atoms with Gasteiger partial charge >= 0.3 is 0 Å². The van der Waals surface area contributed by atoms with Gasteiger partial charge in [0.25, 0.3) is 5.91 Å². The molecule has 220 valence electrons. The quantitative estimate of drug-likeness (QED) is 0.155. The van der Waals surface area contributed by atoms with Gasteiger partial charge in [0.05, 0.1) is 26.4 Å². The van der Waals surface area contributed by atoms with Crippen LogP contribution < -0.4 is 27.0 Å². The lowest BCUT2D eigenvalue weighted by Gasteiger charge is -2.23. The lowest BCUT2D eigenvalue weighted by molar-refractivity contribution is 0.0511. The molecule has 11 heteroatoms. The summed E-state index contributed by atoms with van der Waals surface area (Å²) < 4.78 is 10.7. The van der Waals surface area contributed by atoms with Gasteiger partial charge in [-0.2, -0.15) is 15.0 Å². The van der Waals surface area contributed by atoms with Gasteiger partial charge in [0, 0.05) is 37.8 Å². The summed E-state index contributed by atoms with van der Waals surface area (Å²) in [6, 6.07) is 18.0. The fourth-order valence-corrected chi connectivity index (χ4v) is 4.50. The Bertz CT molecular complexity index is 1170. The highest BCUT2D eigenvalue weighted by Gasteiger charge is 2.16. The highest BCUT2D eigenvalue weighted by Crippen LogP contribution is 2.21. The first-order chi connectivity index (χ1) is 20.2. The molecule has 0 atom stereocenters. The molecule has 1 amide bonds. The van der Waals surface area contributed by atoms with E-state index in [2.05, 4.69) is 48.4 Å². The summed E-state index contributed by atoms with van der Waals surface area (Å²) in [5, 5.41) is 13.0. The van der Waals surface area contributed by atoms with Crippen LogP contribution in [0.15, 0.2) is 54.6 Å². The summed E-state index contributed by atoms with van der Waals surface area (Å²) >= 11 is 0. The zero-order valence-electron chi connectivity index (χ0n) is 23.6. The van der Waals surface area contributed by atoms with Crippen molar-refractivity contribution in [2.24, 2.45) is 5.73 Å². The standard InChI is InChI=1S/C30H42N8O3/c31-15-17-40-19-20-41-18-16-32-27(39)25-13-11-24(12-14-25)22-34-29-36-28(33-21-23-7-3-1-4-8-23)37-30(38-29)35-26-9-5-2-6-10-26/h1,3-4,7-8,11-14,26H,2,5-6,9-10,15-22,31H2,(H,32,39)(H3,33,34,35,36,37,38). The molecular weight excluding hydrogens is 520 g/mol. The normalized spacial score (nSPS) is 13.5. The van der Waals surface area contributed by atoms with E-state index in [0.717, 1.165) is 24.0 Å². The van der Waals surface area contributed by atoms with Crippen LogP contribution in [-0.2, 0) is 22.6 Å². The highest BCUT2D eigenvalue weighted by atomic mass is 16.5. The maximum absolute atomic E-state index is 12.5. The van der Waals surface area contributed by atoms with E-state index in [1.165, 1.54) is 19.3 Å². The number of nitrogens with zero attached hydrogens (tertiary/aromatic N) is 3. The Hall–Kier alpha value is -3.80. The lowest BCUT2D eigenvalue weighted by atomic mass is 9.96. The largest absolute Gasteiger partial charge is 0.378 e. The van der Waals surface area contributed by atoms with Crippen LogP contribution in [-0.4, -0.2) is 66.4 Å². The van der Waals surface area contributed by atoms with Gasteiger partial charge in [-0.15, -0.1) is 0 Å². The summed E-state index contributed by atoms with van der Waals surface area (Å²) in [6.07, 6.45) is 5.98. The molecule has 6 N–H and O–H groups in total. The van der Waals surface area contributed by atoms with Gasteiger partial charge in [0.2, 0.25) is 17.8 Å². The molecular formula is C30H42N8O3. The van der Waals surface area contributed by atoms with Gasteiger partial charge in [-0.25, -0.2) is 0 Å². The molecule has 3 aromatic rings. The van der Waals surface area contributed by atoms with Gasteiger partial charge in [0.15, 0.2) is 0 Å². The number of rotatable bonds is 17. The summed E-state index contributed by atoms with van der Waals surface area (Å²) in [4.78, 5) is 26.3. The Morgan fingerprint density at radius 1 is 0.756 bits per heavy atom. The Morgan fingerprint density at radius 3 is 2.02 bits per heavy atom.